The summed E-state index contributed by atoms with van der Waals surface area (Å²) in [6.07, 6.45) is 5.43. The second kappa shape index (κ2) is 8.19. The smallest absolute Gasteiger partial charge is 0.315 e. The number of nitrogens with zero attached hydrogens (tertiary/aromatic N) is 1. The lowest BCUT2D eigenvalue weighted by molar-refractivity contribution is 0.120. The van der Waals surface area contributed by atoms with E-state index >= 15 is 0 Å². The minimum atomic E-state index is -0.189. The van der Waals surface area contributed by atoms with Crippen molar-refractivity contribution >= 4 is 6.03 Å². The summed E-state index contributed by atoms with van der Waals surface area (Å²) < 4.78 is 0. The van der Waals surface area contributed by atoms with Gasteiger partial charge in [-0.15, -0.1) is 0 Å². The molecule has 1 aliphatic heterocycles. The second-order valence-corrected chi connectivity index (χ2v) is 7.78. The van der Waals surface area contributed by atoms with Gasteiger partial charge in [0.1, 0.15) is 0 Å². The van der Waals surface area contributed by atoms with Gasteiger partial charge in [-0.25, -0.2) is 4.79 Å². The number of rotatable bonds is 6. The van der Waals surface area contributed by atoms with Gasteiger partial charge in [-0.05, 0) is 44.3 Å². The first-order valence-electron chi connectivity index (χ1n) is 9.56. The van der Waals surface area contributed by atoms with Crippen molar-refractivity contribution in [2.75, 3.05) is 26.2 Å². The molecule has 3 unspecified atom stereocenters. The number of urea groups is 1. The molecule has 3 atom stereocenters. The van der Waals surface area contributed by atoms with Gasteiger partial charge in [-0.3, -0.25) is 4.90 Å². The van der Waals surface area contributed by atoms with Crippen LogP contribution in [0.15, 0.2) is 30.3 Å². The third-order valence-electron chi connectivity index (χ3n) is 5.97. The van der Waals surface area contributed by atoms with E-state index < -0.39 is 0 Å². The van der Waals surface area contributed by atoms with Crippen LogP contribution in [0.5, 0.6) is 0 Å². The monoisotopic (exact) mass is 345 g/mol. The third kappa shape index (κ3) is 4.33. The summed E-state index contributed by atoms with van der Waals surface area (Å²) in [5.74, 6) is 0. The summed E-state index contributed by atoms with van der Waals surface area (Å²) in [6, 6.07) is 10.6. The number of amides is 2. The van der Waals surface area contributed by atoms with E-state index in [0.717, 1.165) is 32.4 Å². The summed E-state index contributed by atoms with van der Waals surface area (Å²) in [7, 11) is 0. The van der Waals surface area contributed by atoms with Crippen molar-refractivity contribution in [3.05, 3.63) is 35.9 Å². The standard InChI is InChI=1S/C20H31N3O2/c1-20(15-24)11-7-10-18(20)22-19(25)21-14-17(23-12-5-6-13-23)16-8-3-2-4-9-16/h2-4,8-9,17-18,24H,5-7,10-15H2,1H3,(H2,21,22,25). The first-order valence-corrected chi connectivity index (χ1v) is 9.56. The van der Waals surface area contributed by atoms with E-state index in [-0.39, 0.29) is 30.1 Å². The first kappa shape index (κ1) is 18.2. The minimum Gasteiger partial charge on any atom is -0.396 e. The van der Waals surface area contributed by atoms with Crippen molar-refractivity contribution in [1.82, 2.24) is 15.5 Å². The Hall–Kier alpha value is -1.59. The van der Waals surface area contributed by atoms with Crippen LogP contribution in [-0.4, -0.2) is 48.3 Å². The van der Waals surface area contributed by atoms with Crippen LogP contribution in [0.25, 0.3) is 0 Å². The zero-order chi connectivity index (χ0) is 17.7. The predicted octanol–water partition coefficient (Wildman–Crippen LogP) is 2.67. The zero-order valence-electron chi connectivity index (χ0n) is 15.2. The van der Waals surface area contributed by atoms with Crippen LogP contribution in [0.4, 0.5) is 4.79 Å². The van der Waals surface area contributed by atoms with Gasteiger partial charge in [0, 0.05) is 18.0 Å². The van der Waals surface area contributed by atoms with E-state index in [9.17, 15) is 9.90 Å². The molecule has 2 fully saturated rings. The Morgan fingerprint density at radius 3 is 2.68 bits per heavy atom. The highest BCUT2D eigenvalue weighted by Gasteiger charge is 2.39. The number of aliphatic hydroxyl groups excluding tert-OH is 1. The molecule has 1 heterocycles. The number of hydrogen-bond acceptors (Lipinski definition) is 3. The van der Waals surface area contributed by atoms with Gasteiger partial charge in [0.15, 0.2) is 0 Å². The van der Waals surface area contributed by atoms with Gasteiger partial charge in [0.25, 0.3) is 0 Å². The molecule has 0 bridgehead atoms. The Morgan fingerprint density at radius 1 is 1.28 bits per heavy atom. The van der Waals surface area contributed by atoms with Crippen LogP contribution < -0.4 is 10.6 Å². The number of hydrogen-bond donors (Lipinski definition) is 3. The summed E-state index contributed by atoms with van der Waals surface area (Å²) in [5.41, 5.74) is 1.07. The van der Waals surface area contributed by atoms with Gasteiger partial charge >= 0.3 is 6.03 Å². The van der Waals surface area contributed by atoms with Gasteiger partial charge in [0.05, 0.1) is 12.6 Å². The Bertz CT molecular complexity index is 559. The molecule has 2 aliphatic rings. The molecule has 3 rings (SSSR count). The average Bonchev–Trinajstić information content (AvgIpc) is 3.27. The largest absolute Gasteiger partial charge is 0.396 e. The molecule has 1 aromatic rings. The van der Waals surface area contributed by atoms with Crippen LogP contribution in [0.3, 0.4) is 0 Å². The quantitative estimate of drug-likeness (QED) is 0.743. The fourth-order valence-corrected chi connectivity index (χ4v) is 4.25. The summed E-state index contributed by atoms with van der Waals surface area (Å²) in [6.45, 7) is 4.97. The van der Waals surface area contributed by atoms with Crippen molar-refractivity contribution < 1.29 is 9.90 Å². The van der Waals surface area contributed by atoms with Crippen molar-refractivity contribution in [2.24, 2.45) is 5.41 Å². The molecule has 5 nitrogen and oxygen atoms in total. The Morgan fingerprint density at radius 2 is 2.00 bits per heavy atom. The average molecular weight is 345 g/mol. The Kier molecular flexibility index (Phi) is 5.97. The molecule has 0 spiro atoms. The second-order valence-electron chi connectivity index (χ2n) is 7.78. The molecule has 0 radical (unpaired) electrons. The predicted molar refractivity (Wildman–Crippen MR) is 99.4 cm³/mol. The Labute approximate surface area is 150 Å². The molecular formula is C20H31N3O2. The maximum Gasteiger partial charge on any atom is 0.315 e. The first-order chi connectivity index (χ1) is 12.1. The summed E-state index contributed by atoms with van der Waals surface area (Å²) >= 11 is 0. The van der Waals surface area contributed by atoms with E-state index in [4.69, 9.17) is 0 Å². The molecule has 5 heteroatoms. The highest BCUT2D eigenvalue weighted by atomic mass is 16.3. The van der Waals surface area contributed by atoms with Crippen molar-refractivity contribution in [3.63, 3.8) is 0 Å². The fraction of sp³-hybridized carbons (Fsp3) is 0.650. The number of benzene rings is 1. The maximum absolute atomic E-state index is 12.4. The molecule has 1 aromatic carbocycles. The van der Waals surface area contributed by atoms with Gasteiger partial charge in [-0.2, -0.15) is 0 Å². The summed E-state index contributed by atoms with van der Waals surface area (Å²) in [4.78, 5) is 14.9. The van der Waals surface area contributed by atoms with Crippen LogP contribution in [0.2, 0.25) is 0 Å². The van der Waals surface area contributed by atoms with E-state index in [2.05, 4.69) is 46.7 Å². The molecule has 2 amide bonds. The van der Waals surface area contributed by atoms with E-state index in [1.165, 1.54) is 18.4 Å². The molecule has 0 aromatic heterocycles. The van der Waals surface area contributed by atoms with E-state index in [0.29, 0.717) is 6.54 Å². The van der Waals surface area contributed by atoms with Crippen molar-refractivity contribution in [3.8, 4) is 0 Å². The normalized spacial score (nSPS) is 28.0. The zero-order valence-corrected chi connectivity index (χ0v) is 15.2. The number of nitrogens with one attached hydrogen (secondary N) is 2. The lowest BCUT2D eigenvalue weighted by atomic mass is 9.86. The van der Waals surface area contributed by atoms with Crippen LogP contribution in [-0.2, 0) is 0 Å². The van der Waals surface area contributed by atoms with Crippen molar-refractivity contribution in [1.29, 1.82) is 0 Å². The lowest BCUT2D eigenvalue weighted by Gasteiger charge is -2.31. The maximum atomic E-state index is 12.4. The van der Waals surface area contributed by atoms with Gasteiger partial charge in [-0.1, -0.05) is 43.7 Å². The molecule has 1 saturated carbocycles. The van der Waals surface area contributed by atoms with Crippen LogP contribution in [0, 0.1) is 5.41 Å². The highest BCUT2D eigenvalue weighted by Crippen LogP contribution is 2.37. The fourth-order valence-electron chi connectivity index (χ4n) is 4.25. The highest BCUT2D eigenvalue weighted by molar-refractivity contribution is 5.74. The Balaban J connectivity index is 1.58. The lowest BCUT2D eigenvalue weighted by Crippen LogP contribution is -2.50. The number of aliphatic hydroxyl groups is 1. The van der Waals surface area contributed by atoms with Crippen LogP contribution >= 0.6 is 0 Å². The third-order valence-corrected chi connectivity index (χ3v) is 5.97. The van der Waals surface area contributed by atoms with Gasteiger partial charge < -0.3 is 15.7 Å². The minimum absolute atomic E-state index is 0.0551. The molecule has 1 saturated heterocycles. The van der Waals surface area contributed by atoms with E-state index in [1.54, 1.807) is 0 Å². The number of likely N-dealkylation sites (tertiary alicyclic amines) is 1. The van der Waals surface area contributed by atoms with E-state index in [1.807, 2.05) is 6.07 Å². The molecular weight excluding hydrogens is 314 g/mol. The topological polar surface area (TPSA) is 64.6 Å². The number of carbonyl (C=O) groups excluding carboxylic acids is 1. The van der Waals surface area contributed by atoms with Crippen molar-refractivity contribution in [2.45, 2.75) is 51.1 Å². The van der Waals surface area contributed by atoms with Gasteiger partial charge in [0.2, 0.25) is 0 Å². The molecule has 1 aliphatic carbocycles. The summed E-state index contributed by atoms with van der Waals surface area (Å²) in [5, 5.41) is 15.8. The SMILES string of the molecule is CC1(CO)CCCC1NC(=O)NCC(c1ccccc1)N1CCCC1. The molecule has 25 heavy (non-hydrogen) atoms. The number of carbonyl (C=O) groups is 1. The molecule has 138 valence electrons. The van der Waals surface area contributed by atoms with Crippen LogP contribution in [0.1, 0.15) is 50.6 Å². The molecule has 3 N–H and O–H groups in total.